The van der Waals surface area contributed by atoms with E-state index in [4.69, 9.17) is 4.74 Å². The lowest BCUT2D eigenvalue weighted by atomic mass is 10.3. The van der Waals surface area contributed by atoms with Gasteiger partial charge in [0.15, 0.2) is 0 Å². The van der Waals surface area contributed by atoms with Crippen molar-refractivity contribution in [1.82, 2.24) is 0 Å². The Kier molecular flexibility index (Phi) is 7.56. The smallest absolute Gasteiger partial charge is 0.497 e. The normalized spacial score (nSPS) is 10.9. The van der Waals surface area contributed by atoms with Crippen LogP contribution in [0, 0.1) is 0 Å². The van der Waals surface area contributed by atoms with Gasteiger partial charge in [-0.05, 0) is 48.5 Å². The summed E-state index contributed by atoms with van der Waals surface area (Å²) in [6, 6.07) is 11.6. The molecule has 2 aromatic rings. The van der Waals surface area contributed by atoms with Crippen molar-refractivity contribution in [2.75, 3.05) is 29.2 Å². The van der Waals surface area contributed by atoms with Crippen LogP contribution in [0.5, 0.6) is 11.5 Å². The van der Waals surface area contributed by atoms with Crippen LogP contribution in [-0.4, -0.2) is 36.8 Å². The van der Waals surface area contributed by atoms with Gasteiger partial charge in [-0.25, -0.2) is 0 Å². The number of carbonyl (C=O) groups excluding carboxylic acids is 2. The molecule has 0 fully saturated rings. The number of alkyl halides is 3. The molecule has 2 rings (SSSR count). The predicted molar refractivity (Wildman–Crippen MR) is 101 cm³/mol. The van der Waals surface area contributed by atoms with Crippen molar-refractivity contribution in [3.05, 3.63) is 48.5 Å². The molecule has 6 nitrogen and oxygen atoms in total. The van der Waals surface area contributed by atoms with Crippen molar-refractivity contribution in [2.45, 2.75) is 6.36 Å². The standard InChI is InChI=1S/C18H17F3N2O4S/c1-26-14-6-2-12(3-7-14)22-16(24)10-28-11-17(25)23-13-4-8-15(9-5-13)27-18(19,20)21/h2-9H,10-11H2,1H3,(H,22,24)(H,23,25). The average Bonchev–Trinajstić information content (AvgIpc) is 2.63. The Bertz CT molecular complexity index is 796. The first-order valence-corrected chi connectivity index (χ1v) is 9.08. The van der Waals surface area contributed by atoms with E-state index in [0.29, 0.717) is 17.1 Å². The van der Waals surface area contributed by atoms with Gasteiger partial charge in [-0.2, -0.15) is 0 Å². The molecule has 0 heterocycles. The fourth-order valence-electron chi connectivity index (χ4n) is 2.04. The molecule has 10 heteroatoms. The largest absolute Gasteiger partial charge is 0.573 e. The van der Waals surface area contributed by atoms with Gasteiger partial charge in [-0.3, -0.25) is 9.59 Å². The Morgan fingerprint density at radius 2 is 1.29 bits per heavy atom. The first-order chi connectivity index (χ1) is 13.2. The molecule has 0 saturated carbocycles. The molecule has 0 saturated heterocycles. The second kappa shape index (κ2) is 9.88. The maximum Gasteiger partial charge on any atom is 0.573 e. The van der Waals surface area contributed by atoms with E-state index in [1.807, 2.05) is 0 Å². The Labute approximate surface area is 163 Å². The van der Waals surface area contributed by atoms with Gasteiger partial charge in [0.2, 0.25) is 11.8 Å². The van der Waals surface area contributed by atoms with Gasteiger partial charge in [0, 0.05) is 11.4 Å². The molecule has 150 valence electrons. The second-order valence-corrected chi connectivity index (χ2v) is 6.38. The number of hydrogen-bond donors (Lipinski definition) is 2. The third kappa shape index (κ3) is 7.78. The van der Waals surface area contributed by atoms with Crippen LogP contribution in [0.2, 0.25) is 0 Å². The zero-order chi connectivity index (χ0) is 20.6. The van der Waals surface area contributed by atoms with Gasteiger partial charge in [0.25, 0.3) is 0 Å². The summed E-state index contributed by atoms with van der Waals surface area (Å²) in [7, 11) is 1.54. The van der Waals surface area contributed by atoms with Crippen molar-refractivity contribution in [3.63, 3.8) is 0 Å². The molecule has 2 aromatic carbocycles. The number of nitrogens with one attached hydrogen (secondary N) is 2. The number of ether oxygens (including phenoxy) is 2. The molecule has 0 aliphatic rings. The van der Waals surface area contributed by atoms with E-state index in [1.165, 1.54) is 12.1 Å². The molecule has 0 radical (unpaired) electrons. The van der Waals surface area contributed by atoms with Crippen molar-refractivity contribution >= 4 is 35.0 Å². The minimum atomic E-state index is -4.77. The summed E-state index contributed by atoms with van der Waals surface area (Å²) in [6.45, 7) is 0. The number of thioether (sulfide) groups is 1. The van der Waals surface area contributed by atoms with Gasteiger partial charge in [0.1, 0.15) is 11.5 Å². The van der Waals surface area contributed by atoms with Crippen LogP contribution in [0.4, 0.5) is 24.5 Å². The summed E-state index contributed by atoms with van der Waals surface area (Å²) < 4.78 is 45.1. The highest BCUT2D eigenvalue weighted by molar-refractivity contribution is 8.00. The maximum absolute atomic E-state index is 12.1. The number of hydrogen-bond acceptors (Lipinski definition) is 5. The molecule has 0 aliphatic heterocycles. The molecule has 2 amide bonds. The zero-order valence-corrected chi connectivity index (χ0v) is 15.5. The van der Waals surface area contributed by atoms with Gasteiger partial charge in [-0.1, -0.05) is 0 Å². The highest BCUT2D eigenvalue weighted by atomic mass is 32.2. The predicted octanol–water partition coefficient (Wildman–Crippen LogP) is 3.90. The fraction of sp³-hybridized carbons (Fsp3) is 0.222. The van der Waals surface area contributed by atoms with Crippen LogP contribution in [-0.2, 0) is 9.59 Å². The van der Waals surface area contributed by atoms with Crippen molar-refractivity contribution < 1.29 is 32.2 Å². The number of benzene rings is 2. The van der Waals surface area contributed by atoms with E-state index >= 15 is 0 Å². The van der Waals surface area contributed by atoms with Crippen molar-refractivity contribution in [3.8, 4) is 11.5 Å². The van der Waals surface area contributed by atoms with Crippen LogP contribution >= 0.6 is 11.8 Å². The van der Waals surface area contributed by atoms with Crippen LogP contribution in [0.15, 0.2) is 48.5 Å². The van der Waals surface area contributed by atoms with Crippen LogP contribution in [0.3, 0.4) is 0 Å². The highest BCUT2D eigenvalue weighted by Crippen LogP contribution is 2.24. The number of methoxy groups -OCH3 is 1. The van der Waals surface area contributed by atoms with E-state index in [2.05, 4.69) is 15.4 Å². The molecule has 0 aliphatic carbocycles. The minimum absolute atomic E-state index is 0.0107. The summed E-state index contributed by atoms with van der Waals surface area (Å²) >= 11 is 1.10. The zero-order valence-electron chi connectivity index (χ0n) is 14.7. The lowest BCUT2D eigenvalue weighted by molar-refractivity contribution is -0.274. The number of amides is 2. The van der Waals surface area contributed by atoms with Crippen LogP contribution < -0.4 is 20.1 Å². The Morgan fingerprint density at radius 1 is 0.857 bits per heavy atom. The molecular weight excluding hydrogens is 397 g/mol. The SMILES string of the molecule is COc1ccc(NC(=O)CSCC(=O)Nc2ccc(OC(F)(F)F)cc2)cc1. The van der Waals surface area contributed by atoms with Gasteiger partial charge >= 0.3 is 6.36 Å². The highest BCUT2D eigenvalue weighted by Gasteiger charge is 2.30. The number of rotatable bonds is 8. The quantitative estimate of drug-likeness (QED) is 0.685. The summed E-state index contributed by atoms with van der Waals surface area (Å²) in [4.78, 5) is 23.7. The molecule has 2 N–H and O–H groups in total. The van der Waals surface area contributed by atoms with E-state index in [0.717, 1.165) is 23.9 Å². The molecule has 0 bridgehead atoms. The second-order valence-electron chi connectivity index (χ2n) is 5.39. The first-order valence-electron chi connectivity index (χ1n) is 7.92. The molecule has 0 aromatic heterocycles. The first kappa shape index (κ1) is 21.4. The van der Waals surface area contributed by atoms with Crippen molar-refractivity contribution in [2.24, 2.45) is 0 Å². The third-order valence-electron chi connectivity index (χ3n) is 3.21. The van der Waals surface area contributed by atoms with Crippen LogP contribution in [0.1, 0.15) is 0 Å². The number of anilines is 2. The van der Waals surface area contributed by atoms with Gasteiger partial charge in [-0.15, -0.1) is 24.9 Å². The Hall–Kier alpha value is -2.88. The average molecular weight is 414 g/mol. The maximum atomic E-state index is 12.1. The molecule has 0 atom stereocenters. The summed E-state index contributed by atoms with van der Waals surface area (Å²) in [5, 5.41) is 5.21. The summed E-state index contributed by atoms with van der Waals surface area (Å²) in [5.41, 5.74) is 0.930. The monoisotopic (exact) mass is 414 g/mol. The van der Waals surface area contributed by atoms with Crippen molar-refractivity contribution in [1.29, 1.82) is 0 Å². The van der Waals surface area contributed by atoms with E-state index in [-0.39, 0.29) is 29.1 Å². The minimum Gasteiger partial charge on any atom is -0.497 e. The molecule has 28 heavy (non-hydrogen) atoms. The third-order valence-corrected chi connectivity index (χ3v) is 4.14. The topological polar surface area (TPSA) is 76.7 Å². The number of halogens is 3. The van der Waals surface area contributed by atoms with E-state index in [9.17, 15) is 22.8 Å². The molecule has 0 unspecified atom stereocenters. The lowest BCUT2D eigenvalue weighted by Crippen LogP contribution is -2.18. The van der Waals surface area contributed by atoms with Crippen LogP contribution in [0.25, 0.3) is 0 Å². The number of carbonyl (C=O) groups is 2. The lowest BCUT2D eigenvalue weighted by Gasteiger charge is -2.10. The Balaban J connectivity index is 1.71. The molecule has 0 spiro atoms. The van der Waals surface area contributed by atoms with Gasteiger partial charge < -0.3 is 20.1 Å². The fourth-order valence-corrected chi connectivity index (χ4v) is 2.66. The Morgan fingerprint density at radius 3 is 1.68 bits per heavy atom. The van der Waals surface area contributed by atoms with E-state index < -0.39 is 6.36 Å². The summed E-state index contributed by atoms with van der Waals surface area (Å²) in [6.07, 6.45) is -4.77. The molecular formula is C18H17F3N2O4S. The van der Waals surface area contributed by atoms with Gasteiger partial charge in [0.05, 0.1) is 18.6 Å². The summed E-state index contributed by atoms with van der Waals surface area (Å²) in [5.74, 6) is -0.283. The van der Waals surface area contributed by atoms with E-state index in [1.54, 1.807) is 31.4 Å².